The van der Waals surface area contributed by atoms with Crippen LogP contribution in [0.2, 0.25) is 9.26 Å². The van der Waals surface area contributed by atoms with Gasteiger partial charge in [-0.2, -0.15) is 0 Å². The Hall–Kier alpha value is -8.26. The molecule has 2 heteroatoms. The van der Waals surface area contributed by atoms with Crippen molar-refractivity contribution in [2.45, 2.75) is 81.7 Å². The molecule has 426 valence electrons. The summed E-state index contributed by atoms with van der Waals surface area (Å²) in [6.45, 7) is 7.34. The summed E-state index contributed by atoms with van der Waals surface area (Å²) in [5.74, 6) is 0. The Morgan fingerprint density at radius 3 is 0.773 bits per heavy atom. The van der Waals surface area contributed by atoms with E-state index < -0.39 is 17.4 Å². The first-order valence-electron chi connectivity index (χ1n) is 32.6. The fraction of sp³-hybridized carbons (Fsp3) is 0.163. The molecule has 0 N–H and O–H groups in total. The van der Waals surface area contributed by atoms with Gasteiger partial charge in [0.15, 0.2) is 0 Å². The van der Waals surface area contributed by atoms with Gasteiger partial charge in [0, 0.05) is 0 Å². The summed E-state index contributed by atoms with van der Waals surface area (Å²) in [6, 6.07) is 93.8. The number of allylic oxidation sites excluding steroid dienone is 2. The van der Waals surface area contributed by atoms with Gasteiger partial charge in [0.05, 0.1) is 0 Å². The van der Waals surface area contributed by atoms with Crippen molar-refractivity contribution in [3.05, 3.63) is 276 Å². The number of rotatable bonds is 14. The molecule has 14 aromatic rings. The molecule has 0 aliphatic heterocycles. The van der Waals surface area contributed by atoms with Crippen molar-refractivity contribution in [2.24, 2.45) is 0 Å². The van der Waals surface area contributed by atoms with E-state index in [-0.39, 0.29) is 7.25 Å². The molecule has 0 saturated heterocycles. The minimum absolute atomic E-state index is 0.227. The molecular formula is C86H74SiZr. The van der Waals surface area contributed by atoms with Crippen LogP contribution in [-0.2, 0) is 17.4 Å². The summed E-state index contributed by atoms with van der Waals surface area (Å²) in [4.78, 5) is 0. The predicted molar refractivity (Wildman–Crippen MR) is 385 cm³/mol. The molecule has 2 unspecified atom stereocenters. The van der Waals surface area contributed by atoms with E-state index in [2.05, 4.69) is 285 Å². The first-order chi connectivity index (χ1) is 43.2. The van der Waals surface area contributed by atoms with Gasteiger partial charge >= 0.3 is 525 Å². The van der Waals surface area contributed by atoms with Gasteiger partial charge in [0.25, 0.3) is 0 Å². The van der Waals surface area contributed by atoms with Crippen LogP contribution < -0.4 is 0 Å². The molecule has 2 atom stereocenters. The Morgan fingerprint density at radius 1 is 0.295 bits per heavy atom. The molecule has 0 aromatic heterocycles. The monoisotopic (exact) mass is 1220 g/mol. The quantitative estimate of drug-likeness (QED) is 0.0578. The van der Waals surface area contributed by atoms with Crippen LogP contribution >= 0.6 is 0 Å². The van der Waals surface area contributed by atoms with E-state index in [4.69, 9.17) is 0 Å². The fourth-order valence-corrected chi connectivity index (χ4v) is 36.8. The van der Waals surface area contributed by atoms with E-state index in [1.165, 1.54) is 180 Å². The van der Waals surface area contributed by atoms with E-state index in [1.54, 1.807) is 22.3 Å². The van der Waals surface area contributed by atoms with E-state index in [0.29, 0.717) is 0 Å². The second-order valence-electron chi connectivity index (χ2n) is 26.9. The predicted octanol–water partition coefficient (Wildman–Crippen LogP) is 24.7. The molecule has 0 bridgehead atoms. The molecule has 88 heavy (non-hydrogen) atoms. The molecule has 0 amide bonds. The second-order valence-corrected chi connectivity index (χ2v) is 57.4. The van der Waals surface area contributed by atoms with Crippen LogP contribution in [0.1, 0.15) is 94.7 Å². The van der Waals surface area contributed by atoms with Gasteiger partial charge in [-0.1, -0.05) is 0 Å². The van der Waals surface area contributed by atoms with Gasteiger partial charge in [-0.25, -0.2) is 0 Å². The van der Waals surface area contributed by atoms with Gasteiger partial charge < -0.3 is 0 Å². The molecule has 0 nitrogen and oxygen atoms in total. The number of hydrogen-bond donors (Lipinski definition) is 0. The third kappa shape index (κ3) is 8.83. The molecule has 0 spiro atoms. The maximum absolute atomic E-state index is 4.77. The summed E-state index contributed by atoms with van der Waals surface area (Å²) >= 11 is -4.77. The fourth-order valence-electron chi connectivity index (χ4n) is 17.1. The van der Waals surface area contributed by atoms with Gasteiger partial charge in [0.2, 0.25) is 0 Å². The Labute approximate surface area is 520 Å². The SMILES string of the molecule is CCCCCC1=Cc2c(-c3c4ccccc4cc4ccccc34)ccc(-c3c4ccccc4cc4ccccc34)c2[CH]1[Zr]([CH3])([CH3])(=[SiH2])[CH]1C(CCCCC)=Cc2c(-c3c4ccccc4cc4ccccc34)ccc(-c3c4ccccc4cc4ccccc34)c21. The van der Waals surface area contributed by atoms with E-state index in [1.807, 2.05) is 0 Å². The zero-order valence-corrected chi connectivity index (χ0v) is 55.1. The van der Waals surface area contributed by atoms with Crippen LogP contribution in [-0.4, -0.2) is 6.88 Å². The maximum atomic E-state index is 2.95. The van der Waals surface area contributed by atoms with Crippen molar-refractivity contribution in [1.29, 1.82) is 0 Å². The number of hydrogen-bond acceptors (Lipinski definition) is 0. The molecule has 0 heterocycles. The average Bonchev–Trinajstić information content (AvgIpc) is 1.49. The summed E-state index contributed by atoms with van der Waals surface area (Å²) in [5, 5.41) is 20.9. The molecule has 0 saturated carbocycles. The van der Waals surface area contributed by atoms with E-state index >= 15 is 0 Å². The molecule has 0 fully saturated rings. The van der Waals surface area contributed by atoms with Gasteiger partial charge in [0.1, 0.15) is 0 Å². The Kier molecular flexibility index (Phi) is 13.6. The number of benzene rings is 14. The number of fused-ring (bicyclic) bond motifs is 10. The minimum atomic E-state index is -4.77. The third-order valence-electron chi connectivity index (χ3n) is 20.7. The van der Waals surface area contributed by atoms with Crippen molar-refractivity contribution in [3.8, 4) is 44.5 Å². The van der Waals surface area contributed by atoms with Crippen LogP contribution in [0.3, 0.4) is 0 Å². The molecule has 2 aliphatic carbocycles. The topological polar surface area (TPSA) is 0 Å². The molecule has 0 radical (unpaired) electrons. The average molecular weight is 1230 g/mol. The first kappa shape index (κ1) is 55.1. The summed E-state index contributed by atoms with van der Waals surface area (Å²) in [5.41, 5.74) is 20.3. The summed E-state index contributed by atoms with van der Waals surface area (Å²) < 4.78 is 6.36. The first-order valence-corrected chi connectivity index (χ1v) is 46.3. The van der Waals surface area contributed by atoms with Gasteiger partial charge in [-0.3, -0.25) is 0 Å². The van der Waals surface area contributed by atoms with Crippen LogP contribution in [0.25, 0.3) is 143 Å². The number of unbranched alkanes of at least 4 members (excludes halogenated alkanes) is 4. The van der Waals surface area contributed by atoms with E-state index in [0.717, 1.165) is 12.8 Å². The Bertz CT molecular complexity index is 4810. The van der Waals surface area contributed by atoms with Crippen molar-refractivity contribution < 1.29 is 17.4 Å². The van der Waals surface area contributed by atoms with Crippen molar-refractivity contribution in [3.63, 3.8) is 0 Å². The summed E-state index contributed by atoms with van der Waals surface area (Å²) in [7, 11) is 0. The Balaban J connectivity index is 1.06. The molecule has 16 rings (SSSR count). The van der Waals surface area contributed by atoms with Crippen molar-refractivity contribution >= 4 is 105 Å². The van der Waals surface area contributed by atoms with Crippen molar-refractivity contribution in [1.82, 2.24) is 0 Å². The molecular weight excluding hydrogens is 1150 g/mol. The normalized spacial score (nSPS) is 15.1. The molecule has 14 aromatic carbocycles. The van der Waals surface area contributed by atoms with Crippen LogP contribution in [0.15, 0.2) is 254 Å². The zero-order chi connectivity index (χ0) is 59.3. The summed E-state index contributed by atoms with van der Waals surface area (Å²) in [6.07, 6.45) is 14.9. The van der Waals surface area contributed by atoms with Gasteiger partial charge in [-0.05, 0) is 0 Å². The zero-order valence-electron chi connectivity index (χ0n) is 51.3. The molecule has 2 aliphatic rings. The van der Waals surface area contributed by atoms with Crippen molar-refractivity contribution in [2.75, 3.05) is 0 Å². The second kappa shape index (κ2) is 21.8. The Morgan fingerprint density at radius 2 is 0.523 bits per heavy atom. The van der Waals surface area contributed by atoms with Crippen LogP contribution in [0.4, 0.5) is 0 Å². The van der Waals surface area contributed by atoms with Crippen LogP contribution in [0.5, 0.6) is 0 Å². The van der Waals surface area contributed by atoms with Gasteiger partial charge in [-0.15, -0.1) is 0 Å². The van der Waals surface area contributed by atoms with E-state index in [9.17, 15) is 0 Å². The van der Waals surface area contributed by atoms with Crippen LogP contribution in [0, 0.1) is 0 Å². The third-order valence-corrected chi connectivity index (χ3v) is 38.1. The standard InChI is InChI=1S/2C42H33.2CH3.H2Si.Zr/c2*1-2-3-4-13-28-24-39-37(41-33-18-9-5-14-29(33)26-30-15-6-10-19-34(30)41)22-23-38(40(39)25-28)42-35-20-11-7-16-31(35)27-32-17-8-12-21-36(32)42;;;;/h2*5-12,14-27H,2-4,13H2,1H3;2*1H3;1H2;.